The molecular formula is C13H11BrClN. The van der Waals surface area contributed by atoms with Crippen molar-refractivity contribution in [2.75, 3.05) is 0 Å². The van der Waals surface area contributed by atoms with Gasteiger partial charge in [0, 0.05) is 16.2 Å². The Morgan fingerprint density at radius 2 is 1.69 bits per heavy atom. The Morgan fingerprint density at radius 1 is 1.06 bits per heavy atom. The minimum Gasteiger partial charge on any atom is -0.255 e. The van der Waals surface area contributed by atoms with Gasteiger partial charge in [0.2, 0.25) is 0 Å². The monoisotopic (exact) mass is 295 g/mol. The fourth-order valence-corrected chi connectivity index (χ4v) is 2.12. The predicted molar refractivity (Wildman–Crippen MR) is 71.9 cm³/mol. The molecule has 0 aliphatic carbocycles. The van der Waals surface area contributed by atoms with Crippen LogP contribution in [0.2, 0.25) is 5.02 Å². The first-order chi connectivity index (χ1) is 7.56. The summed E-state index contributed by atoms with van der Waals surface area (Å²) in [6.07, 6.45) is 1.67. The highest BCUT2D eigenvalue weighted by atomic mass is 79.9. The number of aryl methyl sites for hydroxylation is 2. The van der Waals surface area contributed by atoms with Crippen molar-refractivity contribution >= 4 is 27.5 Å². The highest BCUT2D eigenvalue weighted by molar-refractivity contribution is 9.10. The van der Waals surface area contributed by atoms with Gasteiger partial charge >= 0.3 is 0 Å². The van der Waals surface area contributed by atoms with Crippen LogP contribution in [-0.4, -0.2) is 4.98 Å². The number of halogens is 2. The smallest absolute Gasteiger partial charge is 0.0731 e. The van der Waals surface area contributed by atoms with Crippen LogP contribution in [-0.2, 0) is 0 Å². The summed E-state index contributed by atoms with van der Waals surface area (Å²) in [5, 5.41) is 0.633. The summed E-state index contributed by atoms with van der Waals surface area (Å²) in [5.41, 5.74) is 4.53. The van der Waals surface area contributed by atoms with E-state index in [1.807, 2.05) is 6.07 Å². The first-order valence-corrected chi connectivity index (χ1v) is 6.13. The summed E-state index contributed by atoms with van der Waals surface area (Å²) in [7, 11) is 0. The number of pyridine rings is 1. The first-order valence-electron chi connectivity index (χ1n) is 4.96. The molecule has 0 amide bonds. The van der Waals surface area contributed by atoms with E-state index in [9.17, 15) is 0 Å². The van der Waals surface area contributed by atoms with Crippen LogP contribution in [0.4, 0.5) is 0 Å². The van der Waals surface area contributed by atoms with E-state index >= 15 is 0 Å². The lowest BCUT2D eigenvalue weighted by Gasteiger charge is -2.05. The van der Waals surface area contributed by atoms with E-state index in [1.54, 1.807) is 6.20 Å². The van der Waals surface area contributed by atoms with Crippen molar-refractivity contribution in [3.63, 3.8) is 0 Å². The number of hydrogen-bond acceptors (Lipinski definition) is 1. The molecule has 16 heavy (non-hydrogen) atoms. The van der Waals surface area contributed by atoms with Gasteiger partial charge in [0.15, 0.2) is 0 Å². The van der Waals surface area contributed by atoms with Crippen LogP contribution in [0.5, 0.6) is 0 Å². The highest BCUT2D eigenvalue weighted by Crippen LogP contribution is 2.27. The molecule has 0 saturated heterocycles. The number of benzene rings is 1. The zero-order valence-corrected chi connectivity index (χ0v) is 11.4. The molecule has 0 fully saturated rings. The van der Waals surface area contributed by atoms with Gasteiger partial charge < -0.3 is 0 Å². The molecule has 0 aliphatic rings. The average molecular weight is 297 g/mol. The van der Waals surface area contributed by atoms with E-state index in [0.717, 1.165) is 15.7 Å². The second-order valence-corrected chi connectivity index (χ2v) is 5.12. The van der Waals surface area contributed by atoms with Crippen LogP contribution < -0.4 is 0 Å². The Bertz CT molecular complexity index is 517. The summed E-state index contributed by atoms with van der Waals surface area (Å²) < 4.78 is 0.873. The van der Waals surface area contributed by atoms with Crippen LogP contribution in [0.15, 0.2) is 34.9 Å². The molecule has 0 saturated carbocycles. The van der Waals surface area contributed by atoms with Crippen molar-refractivity contribution in [3.05, 3.63) is 51.1 Å². The maximum Gasteiger partial charge on any atom is 0.0731 e. The quantitative estimate of drug-likeness (QED) is 0.738. The van der Waals surface area contributed by atoms with E-state index in [-0.39, 0.29) is 0 Å². The van der Waals surface area contributed by atoms with Crippen molar-refractivity contribution in [2.24, 2.45) is 0 Å². The number of hydrogen-bond donors (Lipinski definition) is 0. The third-order valence-corrected chi connectivity index (χ3v) is 3.51. The maximum atomic E-state index is 5.92. The minimum atomic E-state index is 0.633. The van der Waals surface area contributed by atoms with E-state index in [4.69, 9.17) is 11.6 Å². The van der Waals surface area contributed by atoms with Crippen LogP contribution in [0, 0.1) is 13.8 Å². The minimum absolute atomic E-state index is 0.633. The first kappa shape index (κ1) is 11.6. The summed E-state index contributed by atoms with van der Waals surface area (Å²) in [6.45, 7) is 4.17. The lowest BCUT2D eigenvalue weighted by Crippen LogP contribution is -1.86. The normalized spacial score (nSPS) is 10.5. The lowest BCUT2D eigenvalue weighted by atomic mass is 10.0. The largest absolute Gasteiger partial charge is 0.255 e. The molecule has 0 N–H and O–H groups in total. The van der Waals surface area contributed by atoms with Gasteiger partial charge in [-0.05, 0) is 48.0 Å². The van der Waals surface area contributed by atoms with Crippen molar-refractivity contribution in [1.29, 1.82) is 0 Å². The van der Waals surface area contributed by atoms with Crippen molar-refractivity contribution in [2.45, 2.75) is 13.8 Å². The van der Waals surface area contributed by atoms with E-state index in [0.29, 0.717) is 5.02 Å². The molecule has 1 nitrogen and oxygen atoms in total. The summed E-state index contributed by atoms with van der Waals surface area (Å²) in [4.78, 5) is 4.33. The number of rotatable bonds is 1. The van der Waals surface area contributed by atoms with Gasteiger partial charge in [0.25, 0.3) is 0 Å². The van der Waals surface area contributed by atoms with E-state index in [2.05, 4.69) is 53.0 Å². The molecule has 2 rings (SSSR count). The molecule has 1 aromatic heterocycles. The fraction of sp³-hybridized carbons (Fsp3) is 0.154. The van der Waals surface area contributed by atoms with Crippen molar-refractivity contribution in [3.8, 4) is 11.3 Å². The number of nitrogens with zero attached hydrogens (tertiary/aromatic N) is 1. The summed E-state index contributed by atoms with van der Waals surface area (Å²) in [6, 6.07) is 8.33. The molecule has 1 heterocycles. The zero-order chi connectivity index (χ0) is 11.7. The molecule has 1 aromatic carbocycles. The van der Waals surface area contributed by atoms with Crippen LogP contribution >= 0.6 is 27.5 Å². The van der Waals surface area contributed by atoms with Crippen LogP contribution in [0.25, 0.3) is 11.3 Å². The van der Waals surface area contributed by atoms with Gasteiger partial charge in [-0.15, -0.1) is 0 Å². The lowest BCUT2D eigenvalue weighted by molar-refractivity contribution is 1.29. The molecule has 0 unspecified atom stereocenters. The second kappa shape index (κ2) is 4.56. The summed E-state index contributed by atoms with van der Waals surface area (Å²) in [5.74, 6) is 0. The van der Waals surface area contributed by atoms with Gasteiger partial charge in [-0.2, -0.15) is 0 Å². The highest BCUT2D eigenvalue weighted by Gasteiger charge is 2.04. The fourth-order valence-electron chi connectivity index (χ4n) is 1.69. The Labute approximate surface area is 109 Å². The van der Waals surface area contributed by atoms with Gasteiger partial charge in [0.1, 0.15) is 0 Å². The predicted octanol–water partition coefficient (Wildman–Crippen LogP) is 4.78. The maximum absolute atomic E-state index is 5.92. The Morgan fingerprint density at radius 3 is 2.25 bits per heavy atom. The van der Waals surface area contributed by atoms with Crippen LogP contribution in [0.3, 0.4) is 0 Å². The molecule has 0 atom stereocenters. The van der Waals surface area contributed by atoms with Gasteiger partial charge in [0.05, 0.1) is 10.7 Å². The molecule has 82 valence electrons. The van der Waals surface area contributed by atoms with Gasteiger partial charge in [-0.3, -0.25) is 4.98 Å². The molecule has 3 heteroatoms. The van der Waals surface area contributed by atoms with Crippen molar-refractivity contribution in [1.82, 2.24) is 4.98 Å². The van der Waals surface area contributed by atoms with E-state index < -0.39 is 0 Å². The third-order valence-electron chi connectivity index (χ3n) is 2.33. The third kappa shape index (κ3) is 2.45. The molecule has 0 aliphatic heterocycles. The number of aromatic nitrogens is 1. The molecule has 2 aromatic rings. The SMILES string of the molecule is Cc1cc(C)cc(-c2cc(Br)c(Cl)cn2)c1. The van der Waals surface area contributed by atoms with Crippen molar-refractivity contribution < 1.29 is 0 Å². The van der Waals surface area contributed by atoms with Gasteiger partial charge in [-0.1, -0.05) is 28.8 Å². The molecule has 0 radical (unpaired) electrons. The summed E-state index contributed by atoms with van der Waals surface area (Å²) >= 11 is 9.33. The standard InChI is InChI=1S/C13H11BrClN/c1-8-3-9(2)5-10(4-8)13-6-11(14)12(15)7-16-13/h3-7H,1-2H3. The Balaban J connectivity index is 2.54. The Hall–Kier alpha value is -0.860. The molecule has 0 bridgehead atoms. The molecular weight excluding hydrogens is 286 g/mol. The zero-order valence-electron chi connectivity index (χ0n) is 9.09. The molecule has 0 spiro atoms. The topological polar surface area (TPSA) is 12.9 Å². The van der Waals surface area contributed by atoms with Gasteiger partial charge in [-0.25, -0.2) is 0 Å². The Kier molecular flexibility index (Phi) is 3.31. The average Bonchev–Trinajstić information content (AvgIpc) is 2.20. The van der Waals surface area contributed by atoms with Crippen LogP contribution in [0.1, 0.15) is 11.1 Å². The second-order valence-electron chi connectivity index (χ2n) is 3.86. The van der Waals surface area contributed by atoms with E-state index in [1.165, 1.54) is 11.1 Å².